The summed E-state index contributed by atoms with van der Waals surface area (Å²) in [5, 5.41) is 9.93. The van der Waals surface area contributed by atoms with Crippen LogP contribution in [0.5, 0.6) is 5.75 Å². The topological polar surface area (TPSA) is 75.1 Å². The van der Waals surface area contributed by atoms with Crippen LogP contribution in [0.1, 0.15) is 5.82 Å². The molecule has 0 radical (unpaired) electrons. The summed E-state index contributed by atoms with van der Waals surface area (Å²) >= 11 is 7.42. The van der Waals surface area contributed by atoms with Gasteiger partial charge in [-0.05, 0) is 36.4 Å². The Balaban J connectivity index is 1.43. The zero-order chi connectivity index (χ0) is 20.9. The molecule has 4 aromatic rings. The number of ether oxygens (including phenoxy) is 1. The Labute approximate surface area is 181 Å². The number of halogens is 1. The van der Waals surface area contributed by atoms with Gasteiger partial charge in [0.2, 0.25) is 0 Å². The molecule has 2 heterocycles. The van der Waals surface area contributed by atoms with Crippen LogP contribution >= 0.6 is 23.4 Å². The molecular weight excluding hydrogens is 424 g/mol. The summed E-state index contributed by atoms with van der Waals surface area (Å²) in [6.45, 7) is 5.14. The predicted octanol–water partition coefficient (Wildman–Crippen LogP) is 4.40. The number of oxazole rings is 1. The number of para-hydroxylation sites is 2. The minimum absolute atomic E-state index is 0.273. The van der Waals surface area contributed by atoms with Gasteiger partial charge < -0.3 is 9.15 Å². The Hall–Kier alpha value is -2.97. The third-order valence-electron chi connectivity index (χ3n) is 4.41. The lowest BCUT2D eigenvalue weighted by Gasteiger charge is -2.09. The van der Waals surface area contributed by atoms with E-state index >= 15 is 0 Å². The van der Waals surface area contributed by atoms with Gasteiger partial charge in [-0.2, -0.15) is 0 Å². The maximum absolute atomic E-state index is 12.1. The van der Waals surface area contributed by atoms with E-state index in [4.69, 9.17) is 20.8 Å². The number of rotatable bonds is 9. The van der Waals surface area contributed by atoms with Crippen LogP contribution in [0, 0.1) is 0 Å². The molecule has 0 aliphatic rings. The van der Waals surface area contributed by atoms with Gasteiger partial charge in [0.25, 0.3) is 0 Å². The normalized spacial score (nSPS) is 11.1. The highest BCUT2D eigenvalue weighted by molar-refractivity contribution is 7.99. The number of thioether (sulfide) groups is 1. The molecule has 154 valence electrons. The van der Waals surface area contributed by atoms with Crippen LogP contribution in [0.15, 0.2) is 75.6 Å². The fourth-order valence-corrected chi connectivity index (χ4v) is 3.99. The van der Waals surface area contributed by atoms with Gasteiger partial charge in [-0.25, -0.2) is 4.79 Å². The molecule has 2 aromatic heterocycles. The Bertz CT molecular complexity index is 1210. The number of aryl methyl sites for hydroxylation is 1. The average molecular weight is 443 g/mol. The molecule has 0 unspecified atom stereocenters. The van der Waals surface area contributed by atoms with Crippen molar-refractivity contribution in [1.82, 2.24) is 19.3 Å². The molecule has 0 atom stereocenters. The van der Waals surface area contributed by atoms with E-state index in [1.807, 2.05) is 22.8 Å². The first kappa shape index (κ1) is 20.3. The van der Waals surface area contributed by atoms with Crippen molar-refractivity contribution < 1.29 is 9.15 Å². The molecule has 30 heavy (non-hydrogen) atoms. The van der Waals surface area contributed by atoms with E-state index in [0.717, 1.165) is 10.7 Å². The highest BCUT2D eigenvalue weighted by Gasteiger charge is 2.14. The molecule has 7 nitrogen and oxygen atoms in total. The highest BCUT2D eigenvalue weighted by atomic mass is 35.5. The second-order valence-electron chi connectivity index (χ2n) is 6.38. The molecule has 0 fully saturated rings. The van der Waals surface area contributed by atoms with Crippen molar-refractivity contribution in [1.29, 1.82) is 0 Å². The Morgan fingerprint density at radius 2 is 1.93 bits per heavy atom. The van der Waals surface area contributed by atoms with Crippen LogP contribution in [0.2, 0.25) is 5.02 Å². The van der Waals surface area contributed by atoms with Crippen LogP contribution in [0.3, 0.4) is 0 Å². The van der Waals surface area contributed by atoms with Gasteiger partial charge in [0.05, 0.1) is 5.52 Å². The van der Waals surface area contributed by atoms with Crippen molar-refractivity contribution in [2.24, 2.45) is 0 Å². The number of hydrogen-bond donors (Lipinski definition) is 0. The van der Waals surface area contributed by atoms with E-state index < -0.39 is 0 Å². The van der Waals surface area contributed by atoms with E-state index in [-0.39, 0.29) is 12.4 Å². The molecule has 0 aliphatic carbocycles. The SMILES string of the molecule is C=CCn1c(COc2ccc(Cl)cc2)nnc1SCCn1c(=O)oc2ccccc21. The van der Waals surface area contributed by atoms with Crippen LogP contribution < -0.4 is 10.5 Å². The third kappa shape index (κ3) is 4.44. The number of benzene rings is 2. The Morgan fingerprint density at radius 1 is 1.13 bits per heavy atom. The van der Waals surface area contributed by atoms with Crippen LogP contribution in [0.4, 0.5) is 0 Å². The first-order valence-electron chi connectivity index (χ1n) is 9.28. The molecule has 0 saturated carbocycles. The fraction of sp³-hybridized carbons (Fsp3) is 0.190. The summed E-state index contributed by atoms with van der Waals surface area (Å²) in [4.78, 5) is 12.1. The first-order valence-corrected chi connectivity index (χ1v) is 10.6. The Kier molecular flexibility index (Phi) is 6.25. The van der Waals surface area contributed by atoms with Gasteiger partial charge in [-0.3, -0.25) is 9.13 Å². The van der Waals surface area contributed by atoms with Gasteiger partial charge in [0.1, 0.15) is 12.4 Å². The van der Waals surface area contributed by atoms with Gasteiger partial charge in [-0.15, -0.1) is 16.8 Å². The number of fused-ring (bicyclic) bond motifs is 1. The van der Waals surface area contributed by atoms with Crippen LogP contribution in [-0.4, -0.2) is 25.1 Å². The van der Waals surface area contributed by atoms with Gasteiger partial charge in [0, 0.05) is 23.9 Å². The maximum Gasteiger partial charge on any atom is 0.419 e. The Morgan fingerprint density at radius 3 is 2.73 bits per heavy atom. The summed E-state index contributed by atoms with van der Waals surface area (Å²) in [6, 6.07) is 14.5. The van der Waals surface area contributed by atoms with Crippen molar-refractivity contribution in [3.05, 3.63) is 82.6 Å². The monoisotopic (exact) mass is 442 g/mol. The summed E-state index contributed by atoms with van der Waals surface area (Å²) < 4.78 is 14.6. The molecule has 0 bridgehead atoms. The molecular formula is C21H19ClN4O3S. The number of hydrogen-bond acceptors (Lipinski definition) is 6. The minimum atomic E-state index is -0.360. The first-order chi connectivity index (χ1) is 14.7. The zero-order valence-electron chi connectivity index (χ0n) is 16.0. The number of aromatic nitrogens is 4. The summed E-state index contributed by atoms with van der Waals surface area (Å²) in [7, 11) is 0. The van der Waals surface area contributed by atoms with E-state index in [0.29, 0.717) is 41.0 Å². The predicted molar refractivity (Wildman–Crippen MR) is 117 cm³/mol. The number of nitrogens with zero attached hydrogens (tertiary/aromatic N) is 4. The molecule has 0 N–H and O–H groups in total. The molecule has 0 saturated heterocycles. The molecule has 2 aromatic carbocycles. The van der Waals surface area contributed by atoms with Gasteiger partial charge >= 0.3 is 5.76 Å². The fourth-order valence-electron chi connectivity index (χ4n) is 2.98. The average Bonchev–Trinajstić information content (AvgIpc) is 3.28. The van der Waals surface area contributed by atoms with Crippen molar-refractivity contribution in [2.75, 3.05) is 5.75 Å². The van der Waals surface area contributed by atoms with Crippen molar-refractivity contribution in [2.45, 2.75) is 24.9 Å². The number of allylic oxidation sites excluding steroid dienone is 1. The quantitative estimate of drug-likeness (QED) is 0.282. The second-order valence-corrected chi connectivity index (χ2v) is 7.87. The lowest BCUT2D eigenvalue weighted by atomic mass is 10.3. The minimum Gasteiger partial charge on any atom is -0.486 e. The van der Waals surface area contributed by atoms with Gasteiger partial charge in [0.15, 0.2) is 16.6 Å². The lowest BCUT2D eigenvalue weighted by molar-refractivity contribution is 0.289. The summed E-state index contributed by atoms with van der Waals surface area (Å²) in [6.07, 6.45) is 1.79. The van der Waals surface area contributed by atoms with Crippen LogP contribution in [0.25, 0.3) is 11.1 Å². The zero-order valence-corrected chi connectivity index (χ0v) is 17.6. The smallest absolute Gasteiger partial charge is 0.419 e. The summed E-state index contributed by atoms with van der Waals surface area (Å²) in [5.41, 5.74) is 1.37. The van der Waals surface area contributed by atoms with E-state index in [1.165, 1.54) is 11.8 Å². The standard InChI is InChI=1S/C21H19ClN4O3S/c1-2-11-26-19(14-28-16-9-7-15(22)8-10-16)23-24-20(26)30-13-12-25-17-5-3-4-6-18(17)29-21(25)27/h2-10H,1,11-14H2. The lowest BCUT2D eigenvalue weighted by Crippen LogP contribution is -2.15. The molecule has 0 amide bonds. The molecule has 0 aliphatic heterocycles. The molecule has 9 heteroatoms. The van der Waals surface area contributed by atoms with Crippen molar-refractivity contribution in [3.8, 4) is 5.75 Å². The van der Waals surface area contributed by atoms with E-state index in [1.54, 1.807) is 41.0 Å². The molecule has 0 spiro atoms. The maximum atomic E-state index is 12.1. The van der Waals surface area contributed by atoms with E-state index in [2.05, 4.69) is 16.8 Å². The largest absolute Gasteiger partial charge is 0.486 e. The van der Waals surface area contributed by atoms with Gasteiger partial charge in [-0.1, -0.05) is 41.6 Å². The second kappa shape index (κ2) is 9.23. The molecule has 4 rings (SSSR count). The summed E-state index contributed by atoms with van der Waals surface area (Å²) in [5.74, 6) is 1.67. The van der Waals surface area contributed by atoms with Crippen molar-refractivity contribution >= 4 is 34.5 Å². The van der Waals surface area contributed by atoms with Crippen LogP contribution in [-0.2, 0) is 19.7 Å². The third-order valence-corrected chi connectivity index (χ3v) is 5.61. The van der Waals surface area contributed by atoms with Crippen molar-refractivity contribution in [3.63, 3.8) is 0 Å². The highest BCUT2D eigenvalue weighted by Crippen LogP contribution is 2.21. The van der Waals surface area contributed by atoms with E-state index in [9.17, 15) is 4.79 Å².